The van der Waals surface area contributed by atoms with E-state index in [1.54, 1.807) is 6.21 Å². The molecule has 0 saturated carbocycles. The zero-order chi connectivity index (χ0) is 18.9. The van der Waals surface area contributed by atoms with Crippen molar-refractivity contribution in [2.45, 2.75) is 97.9 Å². The normalized spacial score (nSPS) is 15.2. The van der Waals surface area contributed by atoms with Gasteiger partial charge in [-0.15, -0.1) is 0 Å². The molecular weight excluding hydrogens is 323 g/mol. The van der Waals surface area contributed by atoms with Crippen LogP contribution < -0.4 is 5.32 Å². The summed E-state index contributed by atoms with van der Waals surface area (Å²) in [6.07, 6.45) is 5.41. The van der Waals surface area contributed by atoms with Crippen LogP contribution in [0.4, 0.5) is 0 Å². The van der Waals surface area contributed by atoms with Crippen molar-refractivity contribution in [3.63, 3.8) is 0 Å². The topological polar surface area (TPSA) is 59.9 Å². The Morgan fingerprint density at radius 3 is 1.79 bits per heavy atom. The van der Waals surface area contributed by atoms with Crippen LogP contribution in [-0.2, 0) is 13.6 Å². The highest BCUT2D eigenvalue weighted by Crippen LogP contribution is 2.52. The number of nitrogens with zero attached hydrogens (tertiary/aromatic N) is 1. The maximum Gasteiger partial charge on any atom is 0.352 e. The first kappa shape index (κ1) is 23.8. The first-order valence-electron chi connectivity index (χ1n) is 9.15. The first-order valence-corrected chi connectivity index (χ1v) is 10.8. The van der Waals surface area contributed by atoms with Crippen LogP contribution in [0.1, 0.15) is 81.1 Å². The fourth-order valence-corrected chi connectivity index (χ4v) is 3.74. The Kier molecular flexibility index (Phi) is 10.6. The van der Waals surface area contributed by atoms with E-state index in [4.69, 9.17) is 9.05 Å². The van der Waals surface area contributed by atoms with Crippen molar-refractivity contribution in [1.82, 2.24) is 5.32 Å². The molecule has 144 valence electrons. The smallest absolute Gasteiger partial charge is 0.307 e. The molecular formula is C18H39N2O3P. The van der Waals surface area contributed by atoms with Crippen LogP contribution in [0.3, 0.4) is 0 Å². The molecule has 0 aliphatic heterocycles. The summed E-state index contributed by atoms with van der Waals surface area (Å²) < 4.78 is 25.0. The summed E-state index contributed by atoms with van der Waals surface area (Å²) in [7, 11) is -3.33. The standard InChI is InChI=1S/C18H39N2O3P/c1-9-11-13-22-24(21,23-14-12-10-2)16(20-18(6,7)8)15-19-17(3,4)5/h15-16,20H,9-14H2,1-8H3. The van der Waals surface area contributed by atoms with E-state index in [1.807, 2.05) is 41.5 Å². The van der Waals surface area contributed by atoms with Gasteiger partial charge in [-0.05, 0) is 54.4 Å². The third-order valence-corrected chi connectivity index (χ3v) is 5.09. The number of hydrogen-bond acceptors (Lipinski definition) is 5. The lowest BCUT2D eigenvalue weighted by Crippen LogP contribution is -2.45. The summed E-state index contributed by atoms with van der Waals surface area (Å²) in [5.41, 5.74) is -0.470. The molecule has 0 aromatic carbocycles. The van der Waals surface area contributed by atoms with Crippen molar-refractivity contribution in [2.75, 3.05) is 13.2 Å². The molecule has 24 heavy (non-hydrogen) atoms. The number of nitrogens with one attached hydrogen (secondary N) is 1. The molecule has 0 aliphatic rings. The van der Waals surface area contributed by atoms with Crippen LogP contribution in [0.25, 0.3) is 0 Å². The van der Waals surface area contributed by atoms with Crippen molar-refractivity contribution in [3.05, 3.63) is 0 Å². The molecule has 0 spiro atoms. The number of aliphatic imine (C=N–C) groups is 1. The van der Waals surface area contributed by atoms with Gasteiger partial charge in [-0.3, -0.25) is 14.9 Å². The van der Waals surface area contributed by atoms with Gasteiger partial charge in [0, 0.05) is 11.8 Å². The van der Waals surface area contributed by atoms with Crippen LogP contribution in [0.15, 0.2) is 4.99 Å². The number of unbranched alkanes of at least 4 members (excludes halogenated alkanes) is 2. The Morgan fingerprint density at radius 2 is 1.46 bits per heavy atom. The predicted molar refractivity (Wildman–Crippen MR) is 104 cm³/mol. The fourth-order valence-electron chi connectivity index (χ4n) is 1.81. The van der Waals surface area contributed by atoms with Gasteiger partial charge >= 0.3 is 7.60 Å². The summed E-state index contributed by atoms with van der Waals surface area (Å²) in [5.74, 6) is -0.551. The zero-order valence-corrected chi connectivity index (χ0v) is 17.9. The van der Waals surface area contributed by atoms with Crippen LogP contribution >= 0.6 is 7.60 Å². The van der Waals surface area contributed by atoms with Gasteiger partial charge in [0.2, 0.25) is 0 Å². The third kappa shape index (κ3) is 11.4. The Balaban J connectivity index is 5.41. The van der Waals surface area contributed by atoms with Crippen molar-refractivity contribution in [3.8, 4) is 0 Å². The minimum atomic E-state index is -3.33. The molecule has 0 aliphatic carbocycles. The average Bonchev–Trinajstić information content (AvgIpc) is 2.42. The van der Waals surface area contributed by atoms with E-state index in [0.29, 0.717) is 13.2 Å². The highest BCUT2D eigenvalue weighted by Gasteiger charge is 2.37. The van der Waals surface area contributed by atoms with E-state index in [9.17, 15) is 4.57 Å². The van der Waals surface area contributed by atoms with Crippen LogP contribution in [-0.4, -0.2) is 36.3 Å². The molecule has 0 bridgehead atoms. The Labute approximate surface area is 149 Å². The SMILES string of the molecule is CCCCOP(=O)(OCCCC)C(C=NC(C)(C)C)NC(C)(C)C. The van der Waals surface area contributed by atoms with Crippen molar-refractivity contribution < 1.29 is 13.6 Å². The summed E-state index contributed by atoms with van der Waals surface area (Å²) in [6.45, 7) is 17.2. The summed E-state index contributed by atoms with van der Waals surface area (Å²) in [6, 6.07) is 0. The van der Waals surface area contributed by atoms with Crippen LogP contribution in [0.5, 0.6) is 0 Å². The van der Waals surface area contributed by atoms with E-state index in [-0.39, 0.29) is 11.1 Å². The van der Waals surface area contributed by atoms with Crippen LogP contribution in [0, 0.1) is 0 Å². The van der Waals surface area contributed by atoms with E-state index in [1.165, 1.54) is 0 Å². The van der Waals surface area contributed by atoms with Gasteiger partial charge in [-0.2, -0.15) is 0 Å². The Hall–Kier alpha value is -0.220. The monoisotopic (exact) mass is 362 g/mol. The molecule has 1 atom stereocenters. The quantitative estimate of drug-likeness (QED) is 0.304. The van der Waals surface area contributed by atoms with Gasteiger partial charge in [-0.1, -0.05) is 26.7 Å². The van der Waals surface area contributed by atoms with Gasteiger partial charge < -0.3 is 9.05 Å². The van der Waals surface area contributed by atoms with Crippen molar-refractivity contribution in [2.24, 2.45) is 4.99 Å². The average molecular weight is 362 g/mol. The molecule has 0 saturated heterocycles. The van der Waals surface area contributed by atoms with E-state index in [0.717, 1.165) is 25.7 Å². The minimum absolute atomic E-state index is 0.230. The molecule has 0 radical (unpaired) electrons. The van der Waals surface area contributed by atoms with Crippen LogP contribution in [0.2, 0.25) is 0 Å². The molecule has 1 N–H and O–H groups in total. The van der Waals surface area contributed by atoms with E-state index >= 15 is 0 Å². The molecule has 0 fully saturated rings. The lowest BCUT2D eigenvalue weighted by Gasteiger charge is -2.31. The van der Waals surface area contributed by atoms with Crippen molar-refractivity contribution in [1.29, 1.82) is 0 Å². The Morgan fingerprint density at radius 1 is 1.00 bits per heavy atom. The third-order valence-electron chi connectivity index (χ3n) is 3.06. The van der Waals surface area contributed by atoms with Gasteiger partial charge in [-0.25, -0.2) is 0 Å². The summed E-state index contributed by atoms with van der Waals surface area (Å²) in [5, 5.41) is 3.36. The molecule has 0 aromatic rings. The van der Waals surface area contributed by atoms with Gasteiger partial charge in [0.05, 0.1) is 18.8 Å². The minimum Gasteiger partial charge on any atom is -0.307 e. The van der Waals surface area contributed by atoms with Gasteiger partial charge in [0.1, 0.15) is 5.78 Å². The summed E-state index contributed by atoms with van der Waals surface area (Å²) >= 11 is 0. The molecule has 5 nitrogen and oxygen atoms in total. The highest BCUT2D eigenvalue weighted by atomic mass is 31.2. The number of rotatable bonds is 11. The highest BCUT2D eigenvalue weighted by molar-refractivity contribution is 7.55. The molecule has 0 aromatic heterocycles. The zero-order valence-electron chi connectivity index (χ0n) is 17.0. The molecule has 0 amide bonds. The molecule has 0 rings (SSSR count). The molecule has 0 heterocycles. The fraction of sp³-hybridized carbons (Fsp3) is 0.944. The second-order valence-corrected chi connectivity index (χ2v) is 10.4. The second kappa shape index (κ2) is 10.7. The Bertz CT molecular complexity index is 397. The maximum absolute atomic E-state index is 13.5. The first-order chi connectivity index (χ1) is 10.9. The lowest BCUT2D eigenvalue weighted by atomic mass is 10.1. The maximum atomic E-state index is 13.5. The summed E-state index contributed by atoms with van der Waals surface area (Å²) in [4.78, 5) is 4.54. The largest absolute Gasteiger partial charge is 0.352 e. The second-order valence-electron chi connectivity index (χ2n) is 8.20. The number of hydrogen-bond donors (Lipinski definition) is 1. The lowest BCUT2D eigenvalue weighted by molar-refractivity contribution is 0.191. The van der Waals surface area contributed by atoms with Crippen molar-refractivity contribution >= 4 is 13.8 Å². The van der Waals surface area contributed by atoms with Gasteiger partial charge in [0.15, 0.2) is 0 Å². The van der Waals surface area contributed by atoms with Gasteiger partial charge in [0.25, 0.3) is 0 Å². The van der Waals surface area contributed by atoms with E-state index < -0.39 is 13.4 Å². The van der Waals surface area contributed by atoms with E-state index in [2.05, 4.69) is 24.2 Å². The molecule has 6 heteroatoms. The predicted octanol–water partition coefficient (Wildman–Crippen LogP) is 5.40. The molecule has 1 unspecified atom stereocenters.